The van der Waals surface area contributed by atoms with Crippen LogP contribution in [0.15, 0.2) is 53.1 Å². The Balaban J connectivity index is 1.23. The number of carbonyl (C=O) groups excluding carboxylic acids is 2. The fourth-order valence-corrected chi connectivity index (χ4v) is 6.19. The zero-order valence-corrected chi connectivity index (χ0v) is 20.5. The first kappa shape index (κ1) is 22.1. The highest BCUT2D eigenvalue weighted by Crippen LogP contribution is 2.45. The van der Waals surface area contributed by atoms with Crippen LogP contribution in [0, 0.1) is 0 Å². The summed E-state index contributed by atoms with van der Waals surface area (Å²) in [5.41, 5.74) is 3.72. The summed E-state index contributed by atoms with van der Waals surface area (Å²) < 4.78 is 7.26. The summed E-state index contributed by atoms with van der Waals surface area (Å²) in [6.07, 6.45) is 6.78. The number of aryl methyl sites for hydroxylation is 1. The van der Waals surface area contributed by atoms with Gasteiger partial charge in [0.1, 0.15) is 11.4 Å². The van der Waals surface area contributed by atoms with Crippen LogP contribution in [0.3, 0.4) is 0 Å². The smallest absolute Gasteiger partial charge is 0.274 e. The van der Waals surface area contributed by atoms with E-state index < -0.39 is 0 Å². The van der Waals surface area contributed by atoms with Crippen molar-refractivity contribution in [2.24, 2.45) is 7.05 Å². The number of rotatable bonds is 6. The van der Waals surface area contributed by atoms with E-state index >= 15 is 0 Å². The van der Waals surface area contributed by atoms with Gasteiger partial charge in [-0.05, 0) is 37.7 Å². The van der Waals surface area contributed by atoms with Crippen LogP contribution in [0.4, 0.5) is 0 Å². The van der Waals surface area contributed by atoms with Gasteiger partial charge in [0.2, 0.25) is 0 Å². The molecule has 1 aliphatic heterocycles. The molecule has 1 N–H and O–H groups in total. The van der Waals surface area contributed by atoms with Crippen LogP contribution in [0.2, 0.25) is 0 Å². The first-order valence-electron chi connectivity index (χ1n) is 12.3. The highest BCUT2D eigenvalue weighted by Gasteiger charge is 2.34. The predicted molar refractivity (Wildman–Crippen MR) is 136 cm³/mol. The molecule has 0 bridgehead atoms. The van der Waals surface area contributed by atoms with Crippen molar-refractivity contribution in [3.8, 4) is 10.4 Å². The van der Waals surface area contributed by atoms with Crippen molar-refractivity contribution in [2.75, 3.05) is 13.1 Å². The van der Waals surface area contributed by atoms with Gasteiger partial charge in [0.15, 0.2) is 5.58 Å². The number of piperidine rings is 1. The topological polar surface area (TPSA) is 80.4 Å². The van der Waals surface area contributed by atoms with Crippen LogP contribution >= 0.6 is 11.3 Å². The molecule has 2 aliphatic rings. The number of aromatic nitrogens is 2. The molecule has 1 aliphatic carbocycles. The summed E-state index contributed by atoms with van der Waals surface area (Å²) in [5.74, 6) is 0.306. The number of thiazole rings is 1. The number of hydrogen-bond acceptors (Lipinski definition) is 5. The number of nitrogens with zero attached hydrogens (tertiary/aromatic N) is 3. The summed E-state index contributed by atoms with van der Waals surface area (Å²) in [4.78, 5) is 34.6. The first-order chi connectivity index (χ1) is 17.1. The standard InChI is InChI=1S/C27H28N4O3S/c1-30-20-12-14-34-22(20)15-21(30)25(32)28-16-19-9-5-6-13-31(19)27(33)23-24(17-7-3-2-4-8-17)35-26(29-23)18-10-11-18/h2-4,7-8,12,14-15,18-19H,5-6,9-11,13,16H2,1H3,(H,28,32)/t19-/m0/s1. The molecule has 7 nitrogen and oxygen atoms in total. The lowest BCUT2D eigenvalue weighted by Crippen LogP contribution is -2.49. The molecule has 8 heteroatoms. The predicted octanol–water partition coefficient (Wildman–Crippen LogP) is 5.20. The molecule has 180 valence electrons. The van der Waals surface area contributed by atoms with Gasteiger partial charge in [-0.1, -0.05) is 30.3 Å². The lowest BCUT2D eigenvalue weighted by Gasteiger charge is -2.35. The number of fused-ring (bicyclic) bond motifs is 1. The number of likely N-dealkylation sites (tertiary alicyclic amines) is 1. The van der Waals surface area contributed by atoms with Crippen LogP contribution in [0.5, 0.6) is 0 Å². The Morgan fingerprint density at radius 3 is 2.74 bits per heavy atom. The average Bonchev–Trinajstić information content (AvgIpc) is 3.33. The number of hydrogen-bond donors (Lipinski definition) is 1. The number of amides is 2. The second-order valence-corrected chi connectivity index (χ2v) is 10.5. The number of benzene rings is 1. The van der Waals surface area contributed by atoms with Gasteiger partial charge < -0.3 is 19.2 Å². The van der Waals surface area contributed by atoms with E-state index in [1.807, 2.05) is 52.9 Å². The normalized spacial score (nSPS) is 18.2. The maximum atomic E-state index is 13.9. The summed E-state index contributed by atoms with van der Waals surface area (Å²) in [7, 11) is 1.86. The van der Waals surface area contributed by atoms with Gasteiger partial charge >= 0.3 is 0 Å². The molecule has 0 unspecified atom stereocenters. The Morgan fingerprint density at radius 2 is 1.97 bits per heavy atom. The molecule has 35 heavy (non-hydrogen) atoms. The first-order valence-corrected chi connectivity index (χ1v) is 13.1. The molecule has 1 aromatic carbocycles. The molecule has 2 amide bonds. The third kappa shape index (κ3) is 4.16. The molecular formula is C27H28N4O3S. The lowest BCUT2D eigenvalue weighted by molar-refractivity contribution is 0.0597. The number of nitrogens with one attached hydrogen (secondary N) is 1. The van der Waals surface area contributed by atoms with Crippen molar-refractivity contribution < 1.29 is 14.0 Å². The largest absolute Gasteiger partial charge is 0.463 e. The molecular weight excluding hydrogens is 460 g/mol. The highest BCUT2D eigenvalue weighted by atomic mass is 32.1. The van der Waals surface area contributed by atoms with Crippen molar-refractivity contribution in [3.05, 3.63) is 65.1 Å². The maximum Gasteiger partial charge on any atom is 0.274 e. The summed E-state index contributed by atoms with van der Waals surface area (Å²) in [6, 6.07) is 13.6. The molecule has 0 radical (unpaired) electrons. The van der Waals surface area contributed by atoms with Crippen molar-refractivity contribution in [3.63, 3.8) is 0 Å². The Hall–Kier alpha value is -3.39. The summed E-state index contributed by atoms with van der Waals surface area (Å²) in [5, 5.41) is 4.13. The fraction of sp³-hybridized carbons (Fsp3) is 0.370. The molecule has 6 rings (SSSR count). The van der Waals surface area contributed by atoms with E-state index in [-0.39, 0.29) is 17.9 Å². The van der Waals surface area contributed by atoms with E-state index in [1.165, 1.54) is 0 Å². The molecule has 1 atom stereocenters. The molecule has 0 spiro atoms. The van der Waals surface area contributed by atoms with Crippen LogP contribution in [0.1, 0.15) is 64.0 Å². The Bertz CT molecular complexity index is 1380. The molecule has 1 saturated heterocycles. The van der Waals surface area contributed by atoms with Crippen LogP contribution in [-0.4, -0.2) is 45.4 Å². The number of furan rings is 1. The Kier molecular flexibility index (Phi) is 5.68. The zero-order valence-electron chi connectivity index (χ0n) is 19.7. The van der Waals surface area contributed by atoms with Crippen molar-refractivity contribution >= 4 is 34.3 Å². The van der Waals surface area contributed by atoms with Crippen LogP contribution in [0.25, 0.3) is 21.5 Å². The van der Waals surface area contributed by atoms with Gasteiger partial charge in [-0.15, -0.1) is 11.3 Å². The number of carbonyl (C=O) groups is 2. The highest BCUT2D eigenvalue weighted by molar-refractivity contribution is 7.15. The molecule has 3 aromatic heterocycles. The SMILES string of the molecule is Cn1c(C(=O)NC[C@@H]2CCCCN2C(=O)c2nc(C3CC3)sc2-c2ccccc2)cc2occc21. The third-order valence-electron chi connectivity index (χ3n) is 7.09. The Morgan fingerprint density at radius 1 is 1.14 bits per heavy atom. The zero-order chi connectivity index (χ0) is 23.9. The van der Waals surface area contributed by atoms with E-state index in [0.717, 1.165) is 53.1 Å². The average molecular weight is 489 g/mol. The van der Waals surface area contributed by atoms with Crippen molar-refractivity contribution in [1.82, 2.24) is 19.8 Å². The van der Waals surface area contributed by atoms with Crippen LogP contribution in [-0.2, 0) is 7.05 Å². The molecule has 4 aromatic rings. The van der Waals surface area contributed by atoms with E-state index in [2.05, 4.69) is 5.32 Å². The van der Waals surface area contributed by atoms with Crippen molar-refractivity contribution in [1.29, 1.82) is 0 Å². The Labute approximate surface area is 207 Å². The van der Waals surface area contributed by atoms with Gasteiger partial charge in [0.25, 0.3) is 11.8 Å². The molecule has 1 saturated carbocycles. The van der Waals surface area contributed by atoms with Crippen LogP contribution < -0.4 is 5.32 Å². The quantitative estimate of drug-likeness (QED) is 0.405. The third-order valence-corrected chi connectivity index (χ3v) is 8.36. The van der Waals surface area contributed by atoms with E-state index in [1.54, 1.807) is 23.7 Å². The van der Waals surface area contributed by atoms with Gasteiger partial charge in [0.05, 0.1) is 21.7 Å². The minimum Gasteiger partial charge on any atom is -0.463 e. The maximum absolute atomic E-state index is 13.9. The second-order valence-electron chi connectivity index (χ2n) is 9.49. The lowest BCUT2D eigenvalue weighted by atomic mass is 10.0. The van der Waals surface area contributed by atoms with E-state index in [4.69, 9.17) is 9.40 Å². The minimum absolute atomic E-state index is 0.0256. The van der Waals surface area contributed by atoms with Gasteiger partial charge in [-0.2, -0.15) is 0 Å². The van der Waals surface area contributed by atoms with E-state index in [9.17, 15) is 9.59 Å². The van der Waals surface area contributed by atoms with Gasteiger partial charge in [0, 0.05) is 44.2 Å². The second kappa shape index (κ2) is 9.00. The van der Waals surface area contributed by atoms with Crippen molar-refractivity contribution in [2.45, 2.75) is 44.1 Å². The summed E-state index contributed by atoms with van der Waals surface area (Å²) in [6.45, 7) is 1.10. The fourth-order valence-electron chi connectivity index (χ4n) is 4.96. The van der Waals surface area contributed by atoms with Gasteiger partial charge in [-0.3, -0.25) is 9.59 Å². The minimum atomic E-state index is -0.161. The molecule has 4 heterocycles. The monoisotopic (exact) mass is 488 g/mol. The van der Waals surface area contributed by atoms with Gasteiger partial charge in [-0.25, -0.2) is 4.98 Å². The molecule has 2 fully saturated rings. The summed E-state index contributed by atoms with van der Waals surface area (Å²) >= 11 is 1.66. The van der Waals surface area contributed by atoms with E-state index in [0.29, 0.717) is 36.0 Å².